The summed E-state index contributed by atoms with van der Waals surface area (Å²) in [4.78, 5) is 16.5. The molecule has 5 heteroatoms. The lowest BCUT2D eigenvalue weighted by Gasteiger charge is -2.17. The van der Waals surface area contributed by atoms with Crippen molar-refractivity contribution in [1.82, 2.24) is 14.8 Å². The van der Waals surface area contributed by atoms with Crippen molar-refractivity contribution < 1.29 is 4.79 Å². The topological polar surface area (TPSA) is 73.8 Å². The highest BCUT2D eigenvalue weighted by Crippen LogP contribution is 2.32. The molecule has 2 atom stereocenters. The van der Waals surface area contributed by atoms with E-state index in [0.717, 1.165) is 25.1 Å². The first-order valence-corrected chi connectivity index (χ1v) is 6.74. The number of rotatable bonds is 5. The van der Waals surface area contributed by atoms with Gasteiger partial charge in [0, 0.05) is 12.0 Å². The van der Waals surface area contributed by atoms with Gasteiger partial charge in [-0.1, -0.05) is 6.42 Å². The summed E-state index contributed by atoms with van der Waals surface area (Å²) in [5.41, 5.74) is 5.73. The summed E-state index contributed by atoms with van der Waals surface area (Å²) in [7, 11) is 0. The average molecular weight is 250 g/mol. The van der Waals surface area contributed by atoms with Gasteiger partial charge in [0.1, 0.15) is 17.9 Å². The molecule has 0 spiro atoms. The lowest BCUT2D eigenvalue weighted by molar-refractivity contribution is -0.123. The van der Waals surface area contributed by atoms with Crippen molar-refractivity contribution in [2.45, 2.75) is 45.6 Å². The van der Waals surface area contributed by atoms with Gasteiger partial charge >= 0.3 is 0 Å². The van der Waals surface area contributed by atoms with Gasteiger partial charge in [-0.05, 0) is 39.2 Å². The Bertz CT molecular complexity index is 413. The number of ketones is 1. The van der Waals surface area contributed by atoms with Crippen LogP contribution in [-0.2, 0) is 11.2 Å². The Labute approximate surface area is 108 Å². The Hall–Kier alpha value is -1.23. The molecule has 1 saturated carbocycles. The molecule has 0 aliphatic heterocycles. The number of hydrogen-bond acceptors (Lipinski definition) is 4. The molecule has 2 rings (SSSR count). The lowest BCUT2D eigenvalue weighted by Crippen LogP contribution is -2.27. The first-order chi connectivity index (χ1) is 8.63. The molecule has 1 aromatic heterocycles. The van der Waals surface area contributed by atoms with Crippen molar-refractivity contribution in [3.05, 3.63) is 12.2 Å². The fourth-order valence-corrected chi connectivity index (χ4v) is 2.86. The summed E-state index contributed by atoms with van der Waals surface area (Å²) in [5.74, 6) is 1.55. The van der Waals surface area contributed by atoms with Crippen molar-refractivity contribution in [2.24, 2.45) is 17.6 Å². The number of nitrogens with zero attached hydrogens (tertiary/aromatic N) is 3. The van der Waals surface area contributed by atoms with Crippen LogP contribution in [0.25, 0.3) is 0 Å². The molecule has 2 unspecified atom stereocenters. The highest BCUT2D eigenvalue weighted by molar-refractivity contribution is 5.83. The molecule has 0 aromatic carbocycles. The first-order valence-electron chi connectivity index (χ1n) is 6.74. The Balaban J connectivity index is 2.04. The van der Waals surface area contributed by atoms with E-state index in [1.165, 1.54) is 6.33 Å². The van der Waals surface area contributed by atoms with Crippen LogP contribution in [0.5, 0.6) is 0 Å². The van der Waals surface area contributed by atoms with Crippen LogP contribution in [0.15, 0.2) is 6.33 Å². The Morgan fingerprint density at radius 2 is 2.33 bits per heavy atom. The monoisotopic (exact) mass is 250 g/mol. The van der Waals surface area contributed by atoms with Crippen molar-refractivity contribution in [3.63, 3.8) is 0 Å². The van der Waals surface area contributed by atoms with Crippen molar-refractivity contribution in [2.75, 3.05) is 6.54 Å². The van der Waals surface area contributed by atoms with E-state index < -0.39 is 0 Å². The van der Waals surface area contributed by atoms with Gasteiger partial charge in [-0.3, -0.25) is 4.79 Å². The lowest BCUT2D eigenvalue weighted by atomic mass is 9.90. The molecule has 0 radical (unpaired) electrons. The fourth-order valence-electron chi connectivity index (χ4n) is 2.86. The van der Waals surface area contributed by atoms with Gasteiger partial charge in [0.2, 0.25) is 0 Å². The van der Waals surface area contributed by atoms with Gasteiger partial charge < -0.3 is 5.73 Å². The maximum atomic E-state index is 12.3. The van der Waals surface area contributed by atoms with E-state index in [4.69, 9.17) is 5.73 Å². The second-order valence-corrected chi connectivity index (χ2v) is 5.39. The minimum atomic E-state index is 0.132. The second kappa shape index (κ2) is 5.61. The third kappa shape index (κ3) is 2.61. The molecule has 0 amide bonds. The molecule has 5 nitrogen and oxygen atoms in total. The molecule has 1 aliphatic rings. The maximum absolute atomic E-state index is 12.3. The van der Waals surface area contributed by atoms with Crippen LogP contribution in [0.2, 0.25) is 0 Å². The first kappa shape index (κ1) is 13.2. The number of hydrogen-bond donors (Lipinski definition) is 1. The van der Waals surface area contributed by atoms with Crippen molar-refractivity contribution in [1.29, 1.82) is 0 Å². The number of carbonyl (C=O) groups is 1. The van der Waals surface area contributed by atoms with Gasteiger partial charge in [0.05, 0.1) is 6.42 Å². The predicted octanol–water partition coefficient (Wildman–Crippen LogP) is 1.35. The van der Waals surface area contributed by atoms with E-state index in [1.54, 1.807) is 0 Å². The average Bonchev–Trinajstić information content (AvgIpc) is 2.96. The van der Waals surface area contributed by atoms with E-state index in [2.05, 4.69) is 10.1 Å². The van der Waals surface area contributed by atoms with Crippen LogP contribution >= 0.6 is 0 Å². The number of aromatic nitrogens is 3. The highest BCUT2D eigenvalue weighted by atomic mass is 16.1. The predicted molar refractivity (Wildman–Crippen MR) is 69.0 cm³/mol. The summed E-state index contributed by atoms with van der Waals surface area (Å²) in [6, 6.07) is 0.240. The zero-order valence-corrected chi connectivity index (χ0v) is 11.2. The standard InChI is InChI=1S/C13H22N4O/c1-9(2)17-13(15-8-16-17)6-12(18)11-5-3-4-10(11)7-14/h8-11H,3-7,14H2,1-2H3. The van der Waals surface area contributed by atoms with E-state index in [1.807, 2.05) is 18.5 Å². The van der Waals surface area contributed by atoms with Crippen LogP contribution in [0, 0.1) is 11.8 Å². The van der Waals surface area contributed by atoms with Gasteiger partial charge in [-0.15, -0.1) is 0 Å². The normalized spacial score (nSPS) is 23.8. The molecule has 18 heavy (non-hydrogen) atoms. The molecule has 1 heterocycles. The van der Waals surface area contributed by atoms with Crippen LogP contribution in [0.1, 0.15) is 45.0 Å². The van der Waals surface area contributed by atoms with Gasteiger partial charge in [0.15, 0.2) is 0 Å². The summed E-state index contributed by atoms with van der Waals surface area (Å²) >= 11 is 0. The Morgan fingerprint density at radius 3 is 3.00 bits per heavy atom. The van der Waals surface area contributed by atoms with Gasteiger partial charge in [-0.2, -0.15) is 5.10 Å². The molecule has 100 valence electrons. The van der Waals surface area contributed by atoms with Crippen molar-refractivity contribution >= 4 is 5.78 Å². The molecule has 0 saturated heterocycles. The molecule has 1 fully saturated rings. The minimum Gasteiger partial charge on any atom is -0.330 e. The number of carbonyl (C=O) groups excluding carboxylic acids is 1. The van der Waals surface area contributed by atoms with Crippen LogP contribution < -0.4 is 5.73 Å². The molecule has 0 bridgehead atoms. The molecular weight excluding hydrogens is 228 g/mol. The molecular formula is C13H22N4O. The smallest absolute Gasteiger partial charge is 0.143 e. The quantitative estimate of drug-likeness (QED) is 0.856. The zero-order valence-electron chi connectivity index (χ0n) is 11.2. The van der Waals surface area contributed by atoms with E-state index in [0.29, 0.717) is 18.9 Å². The Kier molecular flexibility index (Phi) is 4.11. The minimum absolute atomic E-state index is 0.132. The summed E-state index contributed by atoms with van der Waals surface area (Å²) < 4.78 is 1.82. The number of nitrogens with two attached hydrogens (primary N) is 1. The maximum Gasteiger partial charge on any atom is 0.143 e. The van der Waals surface area contributed by atoms with Crippen LogP contribution in [-0.4, -0.2) is 27.1 Å². The van der Waals surface area contributed by atoms with Crippen molar-refractivity contribution in [3.8, 4) is 0 Å². The molecule has 2 N–H and O–H groups in total. The summed E-state index contributed by atoms with van der Waals surface area (Å²) in [6.45, 7) is 4.70. The van der Waals surface area contributed by atoms with E-state index in [9.17, 15) is 4.79 Å². The summed E-state index contributed by atoms with van der Waals surface area (Å²) in [5, 5.41) is 4.16. The summed E-state index contributed by atoms with van der Waals surface area (Å²) in [6.07, 6.45) is 5.10. The van der Waals surface area contributed by atoms with Gasteiger partial charge in [0.25, 0.3) is 0 Å². The SMILES string of the molecule is CC(C)n1ncnc1CC(=O)C1CCCC1CN. The second-order valence-electron chi connectivity index (χ2n) is 5.39. The zero-order chi connectivity index (χ0) is 13.1. The third-order valence-corrected chi connectivity index (χ3v) is 3.84. The van der Waals surface area contributed by atoms with E-state index >= 15 is 0 Å². The molecule has 1 aromatic rings. The number of Topliss-reactive ketones (excluding diaryl/α,β-unsaturated/α-hetero) is 1. The fraction of sp³-hybridized carbons (Fsp3) is 0.769. The van der Waals surface area contributed by atoms with Crippen LogP contribution in [0.3, 0.4) is 0 Å². The highest BCUT2D eigenvalue weighted by Gasteiger charge is 2.32. The Morgan fingerprint density at radius 1 is 1.56 bits per heavy atom. The third-order valence-electron chi connectivity index (χ3n) is 3.84. The van der Waals surface area contributed by atoms with Gasteiger partial charge in [-0.25, -0.2) is 9.67 Å². The van der Waals surface area contributed by atoms with Crippen LogP contribution in [0.4, 0.5) is 0 Å². The van der Waals surface area contributed by atoms with E-state index in [-0.39, 0.29) is 17.7 Å². The largest absolute Gasteiger partial charge is 0.330 e. The molecule has 1 aliphatic carbocycles.